The van der Waals surface area contributed by atoms with Crippen molar-refractivity contribution in [1.82, 2.24) is 0 Å². The van der Waals surface area contributed by atoms with Crippen LogP contribution in [0.1, 0.15) is 95.0 Å². The number of rotatable bonds is 10. The predicted molar refractivity (Wildman–Crippen MR) is 143 cm³/mol. The molecule has 0 unspecified atom stereocenters. The minimum Gasteiger partial charge on any atom is -0.376 e. The second kappa shape index (κ2) is 12.9. The monoisotopic (exact) mass is 542 g/mol. The normalized spacial score (nSPS) is 12.5. The molecule has 0 aromatic heterocycles. The number of carbonyl (C=O) groups excluding carboxylic acids is 1. The van der Waals surface area contributed by atoms with E-state index in [4.69, 9.17) is 0 Å². The smallest absolute Gasteiger partial charge is 0.376 e. The fraction of sp³-hybridized carbons (Fsp3) is 0.552. The largest absolute Gasteiger partial charge is 0.534 e. The number of aldehydes is 1. The molecule has 0 radical (unpaired) electrons. The molecule has 0 saturated carbocycles. The molecule has 0 N–H and O–H groups in total. The van der Waals surface area contributed by atoms with Crippen LogP contribution in [0.15, 0.2) is 36.4 Å². The van der Waals surface area contributed by atoms with Crippen molar-refractivity contribution in [2.75, 3.05) is 0 Å². The Balaban J connectivity index is 0.000000856. The van der Waals surface area contributed by atoms with E-state index in [1.807, 2.05) is 20.8 Å². The molecule has 0 amide bonds. The molecule has 0 heterocycles. The van der Waals surface area contributed by atoms with E-state index in [2.05, 4.69) is 50.1 Å². The topological polar surface area (TPSA) is 60.4 Å². The molecule has 2 aromatic rings. The zero-order chi connectivity index (χ0) is 28.7. The Hall–Kier alpha value is -2.35. The fourth-order valence-electron chi connectivity index (χ4n) is 4.07. The first-order chi connectivity index (χ1) is 17.0. The summed E-state index contributed by atoms with van der Waals surface area (Å²) >= 11 is 0. The number of halogens is 3. The molecule has 4 nitrogen and oxygen atoms in total. The molecule has 37 heavy (non-hydrogen) atoms. The zero-order valence-corrected chi connectivity index (χ0v) is 24.1. The maximum atomic E-state index is 12.7. The summed E-state index contributed by atoms with van der Waals surface area (Å²) in [6.07, 6.45) is 5.57. The minimum atomic E-state index is -5.70. The Morgan fingerprint density at radius 2 is 1.35 bits per heavy atom. The number of hydrogen-bond acceptors (Lipinski definition) is 4. The van der Waals surface area contributed by atoms with Gasteiger partial charge >= 0.3 is 15.6 Å². The number of carbonyl (C=O) groups is 1. The highest BCUT2D eigenvalue weighted by atomic mass is 32.2. The highest BCUT2D eigenvalue weighted by Crippen LogP contribution is 2.41. The minimum absolute atomic E-state index is 0.0972. The lowest BCUT2D eigenvalue weighted by Gasteiger charge is -2.34. The molecule has 0 saturated heterocycles. The number of benzene rings is 2. The fourth-order valence-corrected chi connectivity index (χ4v) is 4.58. The van der Waals surface area contributed by atoms with Gasteiger partial charge in [0, 0.05) is 10.8 Å². The summed E-state index contributed by atoms with van der Waals surface area (Å²) in [5.41, 5.74) is -0.974. The van der Waals surface area contributed by atoms with Crippen molar-refractivity contribution in [1.29, 1.82) is 0 Å². The molecule has 0 aliphatic heterocycles. The Labute approximate surface area is 220 Å². The van der Waals surface area contributed by atoms with Gasteiger partial charge in [-0.3, -0.25) is 0 Å². The van der Waals surface area contributed by atoms with Gasteiger partial charge in [-0.05, 0) is 73.4 Å². The maximum absolute atomic E-state index is 12.7. The van der Waals surface area contributed by atoms with Crippen LogP contribution in [0, 0.1) is 19.3 Å². The first kappa shape index (κ1) is 32.7. The average Bonchev–Trinajstić information content (AvgIpc) is 2.83. The molecule has 0 fully saturated rings. The van der Waals surface area contributed by atoms with E-state index in [9.17, 15) is 26.4 Å². The lowest BCUT2D eigenvalue weighted by Crippen LogP contribution is -2.29. The summed E-state index contributed by atoms with van der Waals surface area (Å²) in [4.78, 5) is 10.1. The first-order valence-electron chi connectivity index (χ1n) is 12.7. The third-order valence-corrected chi connectivity index (χ3v) is 8.03. The molecule has 208 valence electrons. The molecule has 0 aliphatic rings. The van der Waals surface area contributed by atoms with Crippen molar-refractivity contribution in [3.63, 3.8) is 0 Å². The third-order valence-electron chi connectivity index (χ3n) is 7.06. The molecule has 0 spiro atoms. The van der Waals surface area contributed by atoms with Crippen LogP contribution in [-0.4, -0.2) is 20.2 Å². The van der Waals surface area contributed by atoms with Crippen molar-refractivity contribution >= 4 is 16.4 Å². The Morgan fingerprint density at radius 3 is 1.70 bits per heavy atom. The van der Waals surface area contributed by atoms with Gasteiger partial charge in [0.05, 0.1) is 0 Å². The van der Waals surface area contributed by atoms with Crippen molar-refractivity contribution < 1.29 is 30.6 Å². The maximum Gasteiger partial charge on any atom is 0.534 e. The van der Waals surface area contributed by atoms with E-state index in [0.717, 1.165) is 49.5 Å². The van der Waals surface area contributed by atoms with E-state index < -0.39 is 15.6 Å². The van der Waals surface area contributed by atoms with E-state index >= 15 is 0 Å². The van der Waals surface area contributed by atoms with Gasteiger partial charge in [-0.25, -0.2) is 0 Å². The molecule has 0 bridgehead atoms. The summed E-state index contributed by atoms with van der Waals surface area (Å²) < 4.78 is 65.1. The van der Waals surface area contributed by atoms with Crippen LogP contribution in [0.5, 0.6) is 5.75 Å². The quantitative estimate of drug-likeness (QED) is 0.172. The third kappa shape index (κ3) is 8.06. The highest BCUT2D eigenvalue weighted by molar-refractivity contribution is 7.88. The lowest BCUT2D eigenvalue weighted by atomic mass is 9.69. The molecule has 8 heteroatoms. The SMILES string of the molecule is CCC(C)(C)C=O.CCCc1ccc(C(CC)(CC)c2ccc(OS(=O)(=O)C(F)(F)F)c(C)c2)cc1C. The Kier molecular flexibility index (Phi) is 11.4. The molecule has 2 aromatic carbocycles. The van der Waals surface area contributed by atoms with Crippen LogP contribution >= 0.6 is 0 Å². The van der Waals surface area contributed by atoms with Crippen LogP contribution in [0.4, 0.5) is 13.2 Å². The predicted octanol–water partition coefficient (Wildman–Crippen LogP) is 8.21. The summed E-state index contributed by atoms with van der Waals surface area (Å²) in [6.45, 7) is 15.8. The molecule has 0 aliphatic carbocycles. The van der Waals surface area contributed by atoms with Crippen molar-refractivity contribution in [2.24, 2.45) is 5.41 Å². The van der Waals surface area contributed by atoms with Crippen LogP contribution in [-0.2, 0) is 26.7 Å². The van der Waals surface area contributed by atoms with Crippen LogP contribution < -0.4 is 4.18 Å². The van der Waals surface area contributed by atoms with Gasteiger partial charge in [-0.1, -0.05) is 78.3 Å². The standard InChI is InChI=1S/C23H29F3O3S.C6H12O/c1-6-9-18-10-11-19(14-16(18)4)22(7-2,8-3)20-12-13-21(17(5)15-20)29-30(27,28)23(24,25)26;1-4-6(2,3)5-7/h10-15H,6-9H2,1-5H3;5H,4H2,1-3H3. The summed E-state index contributed by atoms with van der Waals surface area (Å²) in [5.74, 6) is -0.313. The van der Waals surface area contributed by atoms with Crippen LogP contribution in [0.25, 0.3) is 0 Å². The molecular weight excluding hydrogens is 501 g/mol. The zero-order valence-electron chi connectivity index (χ0n) is 23.3. The summed E-state index contributed by atoms with van der Waals surface area (Å²) in [6, 6.07) is 11.2. The van der Waals surface area contributed by atoms with Gasteiger partial charge in [-0.15, -0.1) is 0 Å². The van der Waals surface area contributed by atoms with Gasteiger partial charge in [0.15, 0.2) is 0 Å². The lowest BCUT2D eigenvalue weighted by molar-refractivity contribution is -0.114. The van der Waals surface area contributed by atoms with E-state index in [0.29, 0.717) is 5.56 Å². The number of alkyl halides is 3. The van der Waals surface area contributed by atoms with Crippen molar-refractivity contribution in [2.45, 2.75) is 98.4 Å². The highest BCUT2D eigenvalue weighted by Gasteiger charge is 2.48. The van der Waals surface area contributed by atoms with Crippen molar-refractivity contribution in [3.8, 4) is 5.75 Å². The van der Waals surface area contributed by atoms with Crippen molar-refractivity contribution in [3.05, 3.63) is 64.2 Å². The summed E-state index contributed by atoms with van der Waals surface area (Å²) in [5, 5.41) is 0. The Bertz CT molecular complexity index is 1150. The van der Waals surface area contributed by atoms with Gasteiger partial charge in [0.25, 0.3) is 0 Å². The second-order valence-electron chi connectivity index (χ2n) is 10.1. The van der Waals surface area contributed by atoms with E-state index in [1.54, 1.807) is 19.1 Å². The van der Waals surface area contributed by atoms with E-state index in [-0.39, 0.29) is 16.6 Å². The Morgan fingerprint density at radius 1 is 0.838 bits per heavy atom. The summed E-state index contributed by atoms with van der Waals surface area (Å²) in [7, 11) is -5.70. The molecule has 2 rings (SSSR count). The molecular formula is C29H41F3O4S. The number of aryl methyl sites for hydroxylation is 3. The second-order valence-corrected chi connectivity index (χ2v) is 11.6. The van der Waals surface area contributed by atoms with Gasteiger partial charge in [0.2, 0.25) is 0 Å². The van der Waals surface area contributed by atoms with Gasteiger partial charge in [0.1, 0.15) is 12.0 Å². The van der Waals surface area contributed by atoms with Crippen LogP contribution in [0.3, 0.4) is 0 Å². The van der Waals surface area contributed by atoms with Gasteiger partial charge < -0.3 is 8.98 Å². The average molecular weight is 543 g/mol. The number of hydrogen-bond donors (Lipinski definition) is 0. The molecule has 0 atom stereocenters. The van der Waals surface area contributed by atoms with E-state index in [1.165, 1.54) is 17.2 Å². The van der Waals surface area contributed by atoms with Gasteiger partial charge in [-0.2, -0.15) is 21.6 Å². The van der Waals surface area contributed by atoms with Crippen LogP contribution in [0.2, 0.25) is 0 Å². The first-order valence-corrected chi connectivity index (χ1v) is 14.1.